The van der Waals surface area contributed by atoms with Crippen LogP contribution >= 0.6 is 0 Å². The van der Waals surface area contributed by atoms with E-state index in [1.54, 1.807) is 13.0 Å². The van der Waals surface area contributed by atoms with Crippen LogP contribution in [0, 0.1) is 23.0 Å². The fourth-order valence-electron chi connectivity index (χ4n) is 3.86. The Labute approximate surface area is 175 Å². The molecule has 1 aliphatic rings. The van der Waals surface area contributed by atoms with Crippen LogP contribution in [-0.2, 0) is 11.3 Å². The first-order chi connectivity index (χ1) is 14.9. The lowest BCUT2D eigenvalue weighted by Gasteiger charge is -2.35. The monoisotopic (exact) mass is 424 g/mol. The van der Waals surface area contributed by atoms with Gasteiger partial charge in [0.05, 0.1) is 24.8 Å². The molecule has 3 aromatic rings. The summed E-state index contributed by atoms with van der Waals surface area (Å²) < 4.78 is 33.2. The van der Waals surface area contributed by atoms with E-state index in [2.05, 4.69) is 10.3 Å². The van der Waals surface area contributed by atoms with Crippen molar-refractivity contribution in [2.45, 2.75) is 19.6 Å². The number of pyridine rings is 1. The number of H-pyrrole nitrogens is 1. The third-order valence-electron chi connectivity index (χ3n) is 5.28. The van der Waals surface area contributed by atoms with E-state index in [-0.39, 0.29) is 36.6 Å². The van der Waals surface area contributed by atoms with Crippen LogP contribution in [0.2, 0.25) is 0 Å². The number of nitrogens with zero attached hydrogens (tertiary/aromatic N) is 2. The summed E-state index contributed by atoms with van der Waals surface area (Å²) in [5.74, 6) is -1.17. The minimum Gasteiger partial charge on any atom is -0.373 e. The Balaban J connectivity index is 1.74. The van der Waals surface area contributed by atoms with Crippen LogP contribution in [0.1, 0.15) is 29.8 Å². The number of urea groups is 1. The summed E-state index contributed by atoms with van der Waals surface area (Å²) >= 11 is 0. The van der Waals surface area contributed by atoms with Crippen LogP contribution in [0.5, 0.6) is 0 Å². The van der Waals surface area contributed by atoms with Gasteiger partial charge in [-0.15, -0.1) is 0 Å². The number of halogens is 2. The summed E-state index contributed by atoms with van der Waals surface area (Å²) in [6.07, 6.45) is 0. The van der Waals surface area contributed by atoms with Crippen LogP contribution in [0.4, 0.5) is 19.3 Å². The van der Waals surface area contributed by atoms with Crippen LogP contribution in [0.15, 0.2) is 41.2 Å². The Bertz CT molecular complexity index is 1280. The second-order valence-corrected chi connectivity index (χ2v) is 7.09. The molecule has 1 aromatic heterocycles. The topological polar surface area (TPSA) is 98.2 Å². The van der Waals surface area contributed by atoms with E-state index in [0.717, 1.165) is 6.07 Å². The highest BCUT2D eigenvalue weighted by molar-refractivity contribution is 5.91. The van der Waals surface area contributed by atoms with E-state index in [0.29, 0.717) is 22.0 Å². The lowest BCUT2D eigenvalue weighted by atomic mass is 9.95. The molecule has 2 aromatic carbocycles. The van der Waals surface area contributed by atoms with Gasteiger partial charge in [-0.05, 0) is 48.7 Å². The van der Waals surface area contributed by atoms with Crippen molar-refractivity contribution >= 4 is 22.5 Å². The molecule has 31 heavy (non-hydrogen) atoms. The van der Waals surface area contributed by atoms with Gasteiger partial charge in [-0.3, -0.25) is 4.79 Å². The fraction of sp³-hybridized carbons (Fsp3) is 0.227. The maximum absolute atomic E-state index is 14.0. The number of amides is 2. The third-order valence-corrected chi connectivity index (χ3v) is 5.28. The molecular weight excluding hydrogens is 406 g/mol. The summed E-state index contributed by atoms with van der Waals surface area (Å²) in [4.78, 5) is 29.7. The summed E-state index contributed by atoms with van der Waals surface area (Å²) in [5.41, 5.74) is 0.816. The van der Waals surface area contributed by atoms with Gasteiger partial charge in [0.1, 0.15) is 17.7 Å². The van der Waals surface area contributed by atoms with Gasteiger partial charge < -0.3 is 19.9 Å². The van der Waals surface area contributed by atoms with Crippen molar-refractivity contribution in [1.82, 2.24) is 9.88 Å². The molecule has 0 spiro atoms. The number of benzene rings is 2. The van der Waals surface area contributed by atoms with Gasteiger partial charge in [0.15, 0.2) is 0 Å². The Morgan fingerprint density at radius 2 is 2.10 bits per heavy atom. The molecule has 0 fully saturated rings. The van der Waals surface area contributed by atoms with E-state index < -0.39 is 23.7 Å². The number of carbonyl (C=O) groups excluding carboxylic acids is 1. The summed E-state index contributed by atoms with van der Waals surface area (Å²) in [6.45, 7) is 2.34. The molecule has 9 heteroatoms. The summed E-state index contributed by atoms with van der Waals surface area (Å²) in [7, 11) is 0. The number of ether oxygens (including phenoxy) is 1. The van der Waals surface area contributed by atoms with E-state index in [4.69, 9.17) is 10.00 Å². The normalized spacial score (nSPS) is 15.2. The van der Waals surface area contributed by atoms with E-state index in [1.807, 2.05) is 0 Å². The molecule has 2 N–H and O–H groups in total. The molecule has 0 radical (unpaired) electrons. The van der Waals surface area contributed by atoms with Gasteiger partial charge in [-0.2, -0.15) is 5.26 Å². The Morgan fingerprint density at radius 3 is 2.84 bits per heavy atom. The Hall–Kier alpha value is -3.77. The molecule has 158 valence electrons. The number of aromatic nitrogens is 1. The number of aromatic amines is 1. The number of likely N-dealkylation sites (N-methyl/N-ethyl adjacent to an activating group) is 1. The first kappa shape index (κ1) is 20.5. The highest BCUT2D eigenvalue weighted by Crippen LogP contribution is 2.34. The molecule has 0 bridgehead atoms. The van der Waals surface area contributed by atoms with Crippen molar-refractivity contribution in [2.24, 2.45) is 0 Å². The molecule has 4 rings (SSSR count). The first-order valence-electron chi connectivity index (χ1n) is 9.62. The minimum atomic E-state index is -0.681. The first-order valence-corrected chi connectivity index (χ1v) is 9.62. The zero-order valence-corrected chi connectivity index (χ0v) is 16.5. The molecule has 0 aliphatic carbocycles. The zero-order valence-electron chi connectivity index (χ0n) is 16.5. The maximum Gasteiger partial charge on any atom is 0.322 e. The van der Waals surface area contributed by atoms with Crippen molar-refractivity contribution in [3.63, 3.8) is 0 Å². The number of nitriles is 1. The lowest BCUT2D eigenvalue weighted by molar-refractivity contribution is 0.0471. The molecule has 0 unspecified atom stereocenters. The van der Waals surface area contributed by atoms with Gasteiger partial charge >= 0.3 is 6.03 Å². The number of anilines is 1. The van der Waals surface area contributed by atoms with Gasteiger partial charge in [0.25, 0.3) is 5.56 Å². The molecule has 0 saturated carbocycles. The van der Waals surface area contributed by atoms with Gasteiger partial charge in [0, 0.05) is 28.9 Å². The second kappa shape index (κ2) is 8.16. The molecule has 1 atom stereocenters. The number of hydrogen-bond donors (Lipinski definition) is 2. The van der Waals surface area contributed by atoms with Gasteiger partial charge in [-0.25, -0.2) is 13.6 Å². The third kappa shape index (κ3) is 3.73. The molecule has 0 saturated heterocycles. The average molecular weight is 424 g/mol. The Morgan fingerprint density at radius 1 is 1.29 bits per heavy atom. The maximum atomic E-state index is 14.0. The summed E-state index contributed by atoms with van der Waals surface area (Å²) in [6, 6.07) is 8.24. The summed E-state index contributed by atoms with van der Waals surface area (Å²) in [5, 5.41) is 12.4. The minimum absolute atomic E-state index is 0.135. The lowest BCUT2D eigenvalue weighted by Crippen LogP contribution is -2.42. The predicted molar refractivity (Wildman–Crippen MR) is 109 cm³/mol. The molecule has 7 nitrogen and oxygen atoms in total. The number of fused-ring (bicyclic) bond motifs is 3. The highest BCUT2D eigenvalue weighted by Gasteiger charge is 2.32. The molecule has 1 aliphatic heterocycles. The van der Waals surface area contributed by atoms with E-state index in [1.165, 1.54) is 35.2 Å². The van der Waals surface area contributed by atoms with E-state index in [9.17, 15) is 18.4 Å². The number of nitrogens with one attached hydrogen (secondary N) is 2. The SMILES string of the molecule is CCN(C(=O)Nc1ccc(F)c(C#N)c1)[C@@H]1COCc2[nH]c(=O)c3ccc(F)cc3c21. The quantitative estimate of drug-likeness (QED) is 0.668. The van der Waals surface area contributed by atoms with Gasteiger partial charge in [-0.1, -0.05) is 0 Å². The van der Waals surface area contributed by atoms with Crippen molar-refractivity contribution in [3.8, 4) is 6.07 Å². The smallest absolute Gasteiger partial charge is 0.322 e. The molecule has 2 heterocycles. The highest BCUT2D eigenvalue weighted by atomic mass is 19.1. The van der Waals surface area contributed by atoms with Crippen molar-refractivity contribution in [2.75, 3.05) is 18.5 Å². The van der Waals surface area contributed by atoms with Crippen molar-refractivity contribution in [3.05, 3.63) is 75.2 Å². The number of hydrogen-bond acceptors (Lipinski definition) is 4. The Kier molecular flexibility index (Phi) is 5.40. The van der Waals surface area contributed by atoms with Gasteiger partial charge in [0.2, 0.25) is 0 Å². The number of carbonyl (C=O) groups is 1. The molecule has 2 amide bonds. The van der Waals surface area contributed by atoms with Crippen LogP contribution in [0.3, 0.4) is 0 Å². The van der Waals surface area contributed by atoms with Crippen molar-refractivity contribution in [1.29, 1.82) is 5.26 Å². The predicted octanol–water partition coefficient (Wildman–Crippen LogP) is 3.80. The van der Waals surface area contributed by atoms with Crippen molar-refractivity contribution < 1.29 is 18.3 Å². The number of rotatable bonds is 3. The largest absolute Gasteiger partial charge is 0.373 e. The van der Waals surface area contributed by atoms with Crippen LogP contribution in [-0.4, -0.2) is 29.1 Å². The molecular formula is C22H18F2N4O3. The zero-order chi connectivity index (χ0) is 22.1. The van der Waals surface area contributed by atoms with Crippen LogP contribution < -0.4 is 10.9 Å². The average Bonchev–Trinajstić information content (AvgIpc) is 2.75. The van der Waals surface area contributed by atoms with E-state index >= 15 is 0 Å². The standard InChI is InChI=1S/C22H18F2N4O3/c1-2-28(22(30)26-14-4-6-17(24)12(7-14)9-25)19-11-31-10-18-20(19)16-8-13(23)3-5-15(16)21(29)27-18/h3-8,19H,2,10-11H2,1H3,(H,26,30)(H,27,29)/t19-/m1/s1. The van der Waals surface area contributed by atoms with Crippen LogP contribution in [0.25, 0.3) is 10.8 Å². The fourth-order valence-corrected chi connectivity index (χ4v) is 3.86. The second-order valence-electron chi connectivity index (χ2n) is 7.09.